The molecule has 0 aromatic heterocycles. The van der Waals surface area contributed by atoms with Crippen LogP contribution < -0.4 is 5.73 Å². The third kappa shape index (κ3) is 5.97. The van der Waals surface area contributed by atoms with E-state index in [2.05, 4.69) is 6.92 Å². The number of hydrogen-bond donors (Lipinski definition) is 2. The highest BCUT2D eigenvalue weighted by Crippen LogP contribution is 2.21. The summed E-state index contributed by atoms with van der Waals surface area (Å²) >= 11 is 0. The van der Waals surface area contributed by atoms with Gasteiger partial charge in [0.05, 0.1) is 5.92 Å². The second-order valence-electron chi connectivity index (χ2n) is 4.06. The summed E-state index contributed by atoms with van der Waals surface area (Å²) in [5.41, 5.74) is 5.51. The van der Waals surface area contributed by atoms with Gasteiger partial charge in [-0.1, -0.05) is 33.1 Å². The van der Waals surface area contributed by atoms with Crippen molar-refractivity contribution in [3.63, 3.8) is 0 Å². The summed E-state index contributed by atoms with van der Waals surface area (Å²) in [7, 11) is 0. The molecule has 3 heteroatoms. The first-order valence-corrected chi connectivity index (χ1v) is 5.54. The molecule has 2 unspecified atom stereocenters. The minimum absolute atomic E-state index is 0.233. The number of hydrogen-bond acceptors (Lipinski definition) is 2. The van der Waals surface area contributed by atoms with Crippen LogP contribution in [0.15, 0.2) is 0 Å². The second kappa shape index (κ2) is 7.80. The number of unbranched alkanes of at least 4 members (excludes halogenated alkanes) is 1. The molecule has 3 nitrogen and oxygen atoms in total. The molecule has 0 saturated carbocycles. The maximum Gasteiger partial charge on any atom is 0.306 e. The van der Waals surface area contributed by atoms with Gasteiger partial charge in [-0.15, -0.1) is 0 Å². The second-order valence-corrected chi connectivity index (χ2v) is 4.06. The van der Waals surface area contributed by atoms with Gasteiger partial charge < -0.3 is 10.8 Å². The number of aliphatic carboxylic acids is 1. The summed E-state index contributed by atoms with van der Waals surface area (Å²) in [5.74, 6) is -0.432. The van der Waals surface area contributed by atoms with E-state index in [1.807, 2.05) is 0 Å². The van der Waals surface area contributed by atoms with Crippen LogP contribution in [0.1, 0.15) is 46.0 Å². The van der Waals surface area contributed by atoms with Crippen LogP contribution >= 0.6 is 0 Å². The largest absolute Gasteiger partial charge is 0.481 e. The summed E-state index contributed by atoms with van der Waals surface area (Å²) in [5, 5.41) is 8.79. The maximum absolute atomic E-state index is 10.7. The molecule has 0 bridgehead atoms. The van der Waals surface area contributed by atoms with Crippen molar-refractivity contribution in [3.8, 4) is 0 Å². The van der Waals surface area contributed by atoms with E-state index in [1.165, 1.54) is 12.8 Å². The highest BCUT2D eigenvalue weighted by atomic mass is 16.4. The van der Waals surface area contributed by atoms with Crippen molar-refractivity contribution in [2.45, 2.75) is 46.0 Å². The smallest absolute Gasteiger partial charge is 0.306 e. The minimum atomic E-state index is -0.691. The van der Waals surface area contributed by atoms with Crippen LogP contribution in [0.5, 0.6) is 0 Å². The standard InChI is InChI=1S/C11H23NO2/c1-3-4-5-10(6-7-12)8-9(2)11(13)14/h9-10H,3-8,12H2,1-2H3,(H,13,14). The van der Waals surface area contributed by atoms with E-state index in [0.29, 0.717) is 12.5 Å². The van der Waals surface area contributed by atoms with Gasteiger partial charge in [0.2, 0.25) is 0 Å². The number of rotatable bonds is 8. The quantitative estimate of drug-likeness (QED) is 0.633. The van der Waals surface area contributed by atoms with Crippen molar-refractivity contribution in [1.82, 2.24) is 0 Å². The highest BCUT2D eigenvalue weighted by molar-refractivity contribution is 5.69. The number of nitrogens with two attached hydrogens (primary N) is 1. The molecule has 0 spiro atoms. The Labute approximate surface area is 86.7 Å². The Kier molecular flexibility index (Phi) is 7.48. The molecule has 0 heterocycles. The first-order chi connectivity index (χ1) is 6.61. The fourth-order valence-corrected chi connectivity index (χ4v) is 1.71. The van der Waals surface area contributed by atoms with Gasteiger partial charge in [-0.05, 0) is 25.3 Å². The van der Waals surface area contributed by atoms with Gasteiger partial charge in [0.1, 0.15) is 0 Å². The van der Waals surface area contributed by atoms with Gasteiger partial charge >= 0.3 is 5.97 Å². The Morgan fingerprint density at radius 2 is 2.07 bits per heavy atom. The lowest BCUT2D eigenvalue weighted by Gasteiger charge is -2.17. The Morgan fingerprint density at radius 1 is 1.43 bits per heavy atom. The molecule has 0 saturated heterocycles. The molecule has 0 radical (unpaired) electrons. The van der Waals surface area contributed by atoms with Crippen LogP contribution in [0.4, 0.5) is 0 Å². The van der Waals surface area contributed by atoms with E-state index in [4.69, 9.17) is 10.8 Å². The SMILES string of the molecule is CCCCC(CCN)CC(C)C(=O)O. The fourth-order valence-electron chi connectivity index (χ4n) is 1.71. The molecule has 0 fully saturated rings. The molecular formula is C11H23NO2. The first kappa shape index (κ1) is 13.4. The summed E-state index contributed by atoms with van der Waals surface area (Å²) in [6.07, 6.45) is 5.19. The summed E-state index contributed by atoms with van der Waals surface area (Å²) in [6.45, 7) is 4.60. The van der Waals surface area contributed by atoms with Crippen molar-refractivity contribution in [2.24, 2.45) is 17.6 Å². The molecule has 0 aromatic carbocycles. The van der Waals surface area contributed by atoms with Crippen molar-refractivity contribution in [2.75, 3.05) is 6.54 Å². The normalized spacial score (nSPS) is 15.1. The van der Waals surface area contributed by atoms with Crippen molar-refractivity contribution >= 4 is 5.97 Å². The van der Waals surface area contributed by atoms with E-state index < -0.39 is 5.97 Å². The molecule has 0 aliphatic carbocycles. The lowest BCUT2D eigenvalue weighted by Crippen LogP contribution is -2.17. The number of carbonyl (C=O) groups is 1. The predicted octanol–water partition coefficient (Wildman–Crippen LogP) is 2.25. The summed E-state index contributed by atoms with van der Waals surface area (Å²) in [6, 6.07) is 0. The van der Waals surface area contributed by atoms with Gasteiger partial charge in [0.15, 0.2) is 0 Å². The average molecular weight is 201 g/mol. The van der Waals surface area contributed by atoms with Crippen LogP contribution in [0.3, 0.4) is 0 Å². The van der Waals surface area contributed by atoms with E-state index in [1.54, 1.807) is 6.92 Å². The molecule has 0 aliphatic rings. The average Bonchev–Trinajstić information content (AvgIpc) is 2.14. The van der Waals surface area contributed by atoms with E-state index in [9.17, 15) is 4.79 Å². The molecule has 14 heavy (non-hydrogen) atoms. The molecule has 2 atom stereocenters. The molecule has 0 amide bonds. The van der Waals surface area contributed by atoms with Crippen molar-refractivity contribution < 1.29 is 9.90 Å². The van der Waals surface area contributed by atoms with Crippen molar-refractivity contribution in [1.29, 1.82) is 0 Å². The molecular weight excluding hydrogens is 178 g/mol. The molecule has 0 rings (SSSR count). The molecule has 3 N–H and O–H groups in total. The summed E-state index contributed by atoms with van der Waals surface area (Å²) < 4.78 is 0. The van der Waals surface area contributed by atoms with Gasteiger partial charge in [0.25, 0.3) is 0 Å². The van der Waals surface area contributed by atoms with Crippen molar-refractivity contribution in [3.05, 3.63) is 0 Å². The molecule has 84 valence electrons. The van der Waals surface area contributed by atoms with Gasteiger partial charge in [-0.3, -0.25) is 4.79 Å². The topological polar surface area (TPSA) is 63.3 Å². The van der Waals surface area contributed by atoms with Crippen LogP contribution in [-0.4, -0.2) is 17.6 Å². The van der Waals surface area contributed by atoms with Crippen LogP contribution in [0.2, 0.25) is 0 Å². The molecule has 0 aromatic rings. The third-order valence-corrected chi connectivity index (χ3v) is 2.65. The lowest BCUT2D eigenvalue weighted by atomic mass is 9.89. The number of carboxylic acids is 1. The third-order valence-electron chi connectivity index (χ3n) is 2.65. The number of carboxylic acid groups (broad SMARTS) is 1. The Balaban J connectivity index is 3.87. The van der Waals surface area contributed by atoms with E-state index in [0.717, 1.165) is 19.3 Å². The van der Waals surface area contributed by atoms with Gasteiger partial charge in [-0.25, -0.2) is 0 Å². The van der Waals surface area contributed by atoms with E-state index in [-0.39, 0.29) is 5.92 Å². The first-order valence-electron chi connectivity index (χ1n) is 5.54. The predicted molar refractivity (Wildman–Crippen MR) is 58.1 cm³/mol. The van der Waals surface area contributed by atoms with Crippen LogP contribution in [0, 0.1) is 11.8 Å². The monoisotopic (exact) mass is 201 g/mol. The van der Waals surface area contributed by atoms with E-state index >= 15 is 0 Å². The zero-order valence-electron chi connectivity index (χ0n) is 9.33. The Hall–Kier alpha value is -0.570. The van der Waals surface area contributed by atoms with Gasteiger partial charge in [-0.2, -0.15) is 0 Å². The lowest BCUT2D eigenvalue weighted by molar-refractivity contribution is -0.141. The fraction of sp³-hybridized carbons (Fsp3) is 0.909. The Morgan fingerprint density at radius 3 is 2.50 bits per heavy atom. The highest BCUT2D eigenvalue weighted by Gasteiger charge is 2.17. The Bertz CT molecular complexity index is 159. The summed E-state index contributed by atoms with van der Waals surface area (Å²) in [4.78, 5) is 10.7. The zero-order valence-corrected chi connectivity index (χ0v) is 9.33. The minimum Gasteiger partial charge on any atom is -0.481 e. The van der Waals surface area contributed by atoms with Crippen LogP contribution in [0.25, 0.3) is 0 Å². The maximum atomic E-state index is 10.7. The molecule has 0 aliphatic heterocycles. The van der Waals surface area contributed by atoms with Crippen LogP contribution in [-0.2, 0) is 4.79 Å². The zero-order chi connectivity index (χ0) is 11.0. The van der Waals surface area contributed by atoms with Gasteiger partial charge in [0, 0.05) is 0 Å².